The summed E-state index contributed by atoms with van der Waals surface area (Å²) >= 11 is 0. The van der Waals surface area contributed by atoms with Gasteiger partial charge in [-0.25, -0.2) is 0 Å². The van der Waals surface area contributed by atoms with E-state index in [1.54, 1.807) is 0 Å². The maximum Gasteiger partial charge on any atom is 0.0543 e. The predicted molar refractivity (Wildman–Crippen MR) is 94.3 cm³/mol. The Kier molecular flexibility index (Phi) is 4.37. The van der Waals surface area contributed by atoms with Gasteiger partial charge in [-0.15, -0.1) is 0 Å². The van der Waals surface area contributed by atoms with Gasteiger partial charge in [-0.1, -0.05) is 6.07 Å². The topological polar surface area (TPSA) is 37.2 Å². The summed E-state index contributed by atoms with van der Waals surface area (Å²) in [6.07, 6.45) is 10.0. The predicted octanol–water partition coefficient (Wildman–Crippen LogP) is 2.30. The first-order valence-electron chi connectivity index (χ1n) is 9.03. The number of likely N-dealkylation sites (tertiary alicyclic amines) is 2. The second-order valence-electron chi connectivity index (χ2n) is 7.62. The Morgan fingerprint density at radius 2 is 1.96 bits per heavy atom. The van der Waals surface area contributed by atoms with Gasteiger partial charge in [0.1, 0.15) is 0 Å². The van der Waals surface area contributed by atoms with Gasteiger partial charge in [0.15, 0.2) is 0 Å². The zero-order chi connectivity index (χ0) is 16.4. The van der Waals surface area contributed by atoms with Gasteiger partial charge in [0.25, 0.3) is 0 Å². The fourth-order valence-corrected chi connectivity index (χ4v) is 4.47. The minimum atomic E-state index is 0.481. The summed E-state index contributed by atoms with van der Waals surface area (Å²) in [6, 6.07) is 6.23. The van der Waals surface area contributed by atoms with E-state index in [4.69, 9.17) is 0 Å². The van der Waals surface area contributed by atoms with Crippen molar-refractivity contribution in [2.75, 3.05) is 26.2 Å². The lowest BCUT2D eigenvalue weighted by molar-refractivity contribution is 0.0857. The summed E-state index contributed by atoms with van der Waals surface area (Å²) in [5, 5.41) is 4.30. The van der Waals surface area contributed by atoms with Crippen molar-refractivity contribution in [2.24, 2.45) is 12.5 Å². The molecule has 0 unspecified atom stereocenters. The Bertz CT molecular complexity index is 667. The summed E-state index contributed by atoms with van der Waals surface area (Å²) in [5.41, 5.74) is 3.00. The Balaban J connectivity index is 1.36. The first-order chi connectivity index (χ1) is 11.7. The monoisotopic (exact) mass is 325 g/mol. The van der Waals surface area contributed by atoms with Gasteiger partial charge < -0.3 is 0 Å². The molecule has 2 aliphatic rings. The van der Waals surface area contributed by atoms with E-state index in [1.165, 1.54) is 56.7 Å². The molecule has 2 aromatic rings. The van der Waals surface area contributed by atoms with Crippen molar-refractivity contribution in [3.8, 4) is 0 Å². The van der Waals surface area contributed by atoms with Crippen LogP contribution in [0.15, 0.2) is 36.8 Å². The molecule has 0 radical (unpaired) electrons. The number of hydrogen-bond donors (Lipinski definition) is 0. The van der Waals surface area contributed by atoms with Crippen molar-refractivity contribution in [1.82, 2.24) is 24.6 Å². The summed E-state index contributed by atoms with van der Waals surface area (Å²) < 4.78 is 1.90. The normalized spacial score (nSPS) is 25.5. The molecule has 0 aliphatic carbocycles. The molecule has 1 spiro atoms. The van der Waals surface area contributed by atoms with Crippen LogP contribution in [0.25, 0.3) is 0 Å². The van der Waals surface area contributed by atoms with Crippen molar-refractivity contribution in [1.29, 1.82) is 0 Å². The van der Waals surface area contributed by atoms with Crippen molar-refractivity contribution in [3.05, 3.63) is 48.0 Å². The van der Waals surface area contributed by atoms with Crippen LogP contribution in [0, 0.1) is 5.41 Å². The Hall–Kier alpha value is -1.72. The summed E-state index contributed by atoms with van der Waals surface area (Å²) in [4.78, 5) is 9.72. The van der Waals surface area contributed by atoms with Gasteiger partial charge in [-0.3, -0.25) is 19.5 Å². The van der Waals surface area contributed by atoms with Crippen LogP contribution in [-0.2, 0) is 20.1 Å². The number of aromatic nitrogens is 3. The van der Waals surface area contributed by atoms with Crippen molar-refractivity contribution in [2.45, 2.75) is 32.4 Å². The van der Waals surface area contributed by atoms with E-state index in [1.807, 2.05) is 30.2 Å². The van der Waals surface area contributed by atoms with E-state index < -0.39 is 0 Å². The van der Waals surface area contributed by atoms with E-state index in [0.717, 1.165) is 13.1 Å². The average molecular weight is 325 g/mol. The second kappa shape index (κ2) is 6.65. The molecule has 1 atom stereocenters. The van der Waals surface area contributed by atoms with Crippen LogP contribution >= 0.6 is 0 Å². The molecule has 2 fully saturated rings. The van der Waals surface area contributed by atoms with Gasteiger partial charge in [0.2, 0.25) is 0 Å². The van der Waals surface area contributed by atoms with Crippen molar-refractivity contribution in [3.63, 3.8) is 0 Å². The van der Waals surface area contributed by atoms with E-state index in [9.17, 15) is 0 Å². The van der Waals surface area contributed by atoms with Crippen molar-refractivity contribution < 1.29 is 0 Å². The highest BCUT2D eigenvalue weighted by Gasteiger charge is 2.41. The highest BCUT2D eigenvalue weighted by atomic mass is 15.3. The van der Waals surface area contributed by atoms with Gasteiger partial charge in [-0.2, -0.15) is 5.10 Å². The fourth-order valence-electron chi connectivity index (χ4n) is 4.47. The van der Waals surface area contributed by atoms with Crippen LogP contribution in [0.5, 0.6) is 0 Å². The molecule has 0 bridgehead atoms. The van der Waals surface area contributed by atoms with Crippen LogP contribution in [-0.4, -0.2) is 50.7 Å². The summed E-state index contributed by atoms with van der Waals surface area (Å²) in [6.45, 7) is 6.89. The van der Waals surface area contributed by atoms with Crippen LogP contribution in [0.4, 0.5) is 0 Å². The molecule has 24 heavy (non-hydrogen) atoms. The number of piperidine rings is 1. The fraction of sp³-hybridized carbons (Fsp3) is 0.579. The Morgan fingerprint density at radius 1 is 1.08 bits per heavy atom. The molecule has 4 rings (SSSR count). The maximum absolute atomic E-state index is 4.50. The van der Waals surface area contributed by atoms with Gasteiger partial charge >= 0.3 is 0 Å². The first kappa shape index (κ1) is 15.8. The molecular formula is C19H27N5. The lowest BCUT2D eigenvalue weighted by Gasteiger charge is -2.40. The van der Waals surface area contributed by atoms with Crippen LogP contribution in [0.2, 0.25) is 0 Å². The zero-order valence-corrected chi connectivity index (χ0v) is 14.6. The molecule has 2 saturated heterocycles. The van der Waals surface area contributed by atoms with E-state index in [0.29, 0.717) is 5.41 Å². The second-order valence-corrected chi connectivity index (χ2v) is 7.62. The number of nitrogens with zero attached hydrogens (tertiary/aromatic N) is 5. The molecule has 0 saturated carbocycles. The largest absolute Gasteiger partial charge is 0.298 e. The van der Waals surface area contributed by atoms with Crippen LogP contribution < -0.4 is 0 Å². The lowest BCUT2D eigenvalue weighted by Crippen LogP contribution is -2.44. The number of pyridine rings is 1. The van der Waals surface area contributed by atoms with E-state index in [2.05, 4.69) is 38.2 Å². The third-order valence-corrected chi connectivity index (χ3v) is 5.53. The zero-order valence-electron chi connectivity index (χ0n) is 14.6. The Labute approximate surface area is 144 Å². The number of aryl methyl sites for hydroxylation is 1. The van der Waals surface area contributed by atoms with Gasteiger partial charge in [0, 0.05) is 51.2 Å². The summed E-state index contributed by atoms with van der Waals surface area (Å²) in [5.74, 6) is 0. The molecule has 2 aromatic heterocycles. The van der Waals surface area contributed by atoms with E-state index in [-0.39, 0.29) is 0 Å². The Morgan fingerprint density at radius 3 is 2.71 bits per heavy atom. The highest BCUT2D eigenvalue weighted by molar-refractivity contribution is 5.07. The molecule has 0 N–H and O–H groups in total. The minimum Gasteiger partial charge on any atom is -0.298 e. The molecule has 128 valence electrons. The lowest BCUT2D eigenvalue weighted by atomic mass is 9.79. The summed E-state index contributed by atoms with van der Waals surface area (Å²) in [7, 11) is 1.99. The average Bonchev–Trinajstić information content (AvgIpc) is 3.15. The number of hydrogen-bond acceptors (Lipinski definition) is 4. The third kappa shape index (κ3) is 3.52. The standard InChI is InChI=1S/C19H27N5/c1-22-12-17(11-21-22)13-24-10-7-19(16-24)6-4-9-23(15-19)14-18-5-2-3-8-20-18/h2-3,5,8,11-12H,4,6-7,9-10,13-16H2,1H3/t19-/m1/s1. The number of rotatable bonds is 4. The van der Waals surface area contributed by atoms with Gasteiger partial charge in [-0.05, 0) is 49.9 Å². The quantitative estimate of drug-likeness (QED) is 0.864. The SMILES string of the molecule is Cn1cc(CN2CC[C@@]3(CCCN(Cc4ccccn4)C3)C2)cn1. The molecular weight excluding hydrogens is 298 g/mol. The minimum absolute atomic E-state index is 0.481. The van der Waals surface area contributed by atoms with Crippen molar-refractivity contribution >= 4 is 0 Å². The van der Waals surface area contributed by atoms with Crippen LogP contribution in [0.3, 0.4) is 0 Å². The van der Waals surface area contributed by atoms with Crippen LogP contribution in [0.1, 0.15) is 30.5 Å². The molecule has 5 nitrogen and oxygen atoms in total. The first-order valence-corrected chi connectivity index (χ1v) is 9.03. The molecule has 0 amide bonds. The van der Waals surface area contributed by atoms with Gasteiger partial charge in [0.05, 0.1) is 11.9 Å². The maximum atomic E-state index is 4.50. The highest BCUT2D eigenvalue weighted by Crippen LogP contribution is 2.39. The molecule has 2 aliphatic heterocycles. The van der Waals surface area contributed by atoms with E-state index >= 15 is 0 Å². The molecule has 4 heterocycles. The smallest absolute Gasteiger partial charge is 0.0543 e. The third-order valence-electron chi connectivity index (χ3n) is 5.53. The molecule has 5 heteroatoms. The molecule has 0 aromatic carbocycles.